The third-order valence-electron chi connectivity index (χ3n) is 6.35. The van der Waals surface area contributed by atoms with E-state index in [4.69, 9.17) is 9.47 Å². The number of ether oxygens (including phenoxy) is 2. The Morgan fingerprint density at radius 3 is 1.34 bits per heavy atom. The van der Waals surface area contributed by atoms with Crippen LogP contribution in [0.25, 0.3) is 21.5 Å². The van der Waals surface area contributed by atoms with E-state index in [2.05, 4.69) is 86.6 Å². The zero-order valence-corrected chi connectivity index (χ0v) is 19.4. The molecule has 4 aromatic rings. The molecule has 4 aromatic carbocycles. The number of hydrogen-bond donors (Lipinski definition) is 0. The van der Waals surface area contributed by atoms with Crippen molar-refractivity contribution in [1.29, 1.82) is 0 Å². The van der Waals surface area contributed by atoms with Gasteiger partial charge in [-0.15, -0.1) is 0 Å². The minimum Gasteiger partial charge on any atom is -0.493 e. The lowest BCUT2D eigenvalue weighted by Crippen LogP contribution is -2.00. The molecule has 0 fully saturated rings. The molecule has 0 N–H and O–H groups in total. The first-order valence-corrected chi connectivity index (χ1v) is 12.0. The van der Waals surface area contributed by atoms with Crippen LogP contribution in [0.4, 0.5) is 0 Å². The van der Waals surface area contributed by atoms with Gasteiger partial charge in [-0.1, -0.05) is 86.3 Å². The molecule has 2 nitrogen and oxygen atoms in total. The van der Waals surface area contributed by atoms with Gasteiger partial charge in [0.05, 0.1) is 13.2 Å². The van der Waals surface area contributed by atoms with E-state index in [1.54, 1.807) is 0 Å². The normalized spacial score (nSPS) is 11.2. The Hall–Kier alpha value is -3.00. The molecule has 32 heavy (non-hydrogen) atoms. The monoisotopic (exact) mass is 426 g/mol. The van der Waals surface area contributed by atoms with Crippen LogP contribution in [0.5, 0.6) is 11.5 Å². The highest BCUT2D eigenvalue weighted by molar-refractivity contribution is 5.88. The molecule has 0 atom stereocenters. The first-order chi connectivity index (χ1) is 15.7. The summed E-state index contributed by atoms with van der Waals surface area (Å²) < 4.78 is 12.1. The summed E-state index contributed by atoms with van der Waals surface area (Å²) in [6.45, 7) is 5.89. The van der Waals surface area contributed by atoms with E-state index >= 15 is 0 Å². The maximum absolute atomic E-state index is 6.06. The van der Waals surface area contributed by atoms with Crippen LogP contribution in [0.1, 0.15) is 49.7 Å². The first-order valence-electron chi connectivity index (χ1n) is 12.0. The van der Waals surface area contributed by atoms with E-state index in [1.807, 2.05) is 0 Å². The van der Waals surface area contributed by atoms with Gasteiger partial charge < -0.3 is 9.47 Å². The fourth-order valence-electron chi connectivity index (χ4n) is 4.40. The number of fused-ring (bicyclic) bond motifs is 2. The average Bonchev–Trinajstić information content (AvgIpc) is 2.83. The van der Waals surface area contributed by atoms with Crippen molar-refractivity contribution in [3.8, 4) is 11.5 Å². The number of rotatable bonds is 11. The van der Waals surface area contributed by atoms with E-state index in [0.29, 0.717) is 0 Å². The molecule has 0 bridgehead atoms. The number of aryl methyl sites for hydroxylation is 2. The Labute approximate surface area is 192 Å². The summed E-state index contributed by atoms with van der Waals surface area (Å²) in [5, 5.41) is 5.12. The fraction of sp³-hybridized carbons (Fsp3) is 0.333. The van der Waals surface area contributed by atoms with Crippen LogP contribution in [0.15, 0.2) is 72.8 Å². The number of benzene rings is 4. The van der Waals surface area contributed by atoms with Gasteiger partial charge in [0.1, 0.15) is 11.5 Å². The lowest BCUT2D eigenvalue weighted by molar-refractivity contribution is 0.295. The summed E-state index contributed by atoms with van der Waals surface area (Å²) in [5.74, 6) is 2.04. The zero-order chi connectivity index (χ0) is 22.2. The fourth-order valence-corrected chi connectivity index (χ4v) is 4.40. The standard InChI is InChI=1S/C30H34O2/c1-23-27-15-9-7-13-25(27)17-19-29(23)31-21-11-5-3-4-6-12-22-32-30-20-18-26-14-8-10-16-28(26)24(30)2/h7-10,13-20H,3-6,11-12,21-22H2,1-2H3. The van der Waals surface area contributed by atoms with Gasteiger partial charge in [-0.2, -0.15) is 0 Å². The molecule has 0 amide bonds. The molecule has 0 spiro atoms. The number of hydrogen-bond acceptors (Lipinski definition) is 2. The van der Waals surface area contributed by atoms with E-state index in [-0.39, 0.29) is 0 Å². The van der Waals surface area contributed by atoms with Crippen LogP contribution in [0, 0.1) is 13.8 Å². The van der Waals surface area contributed by atoms with Gasteiger partial charge in [0.25, 0.3) is 0 Å². The van der Waals surface area contributed by atoms with Gasteiger partial charge in [0, 0.05) is 0 Å². The summed E-state index contributed by atoms with van der Waals surface area (Å²) in [6, 6.07) is 25.5. The van der Waals surface area contributed by atoms with Crippen LogP contribution in [0.3, 0.4) is 0 Å². The summed E-state index contributed by atoms with van der Waals surface area (Å²) in [5.41, 5.74) is 2.48. The SMILES string of the molecule is Cc1c(OCCCCCCCCOc2ccc3ccccc3c2C)ccc2ccccc12. The van der Waals surface area contributed by atoms with Crippen molar-refractivity contribution in [2.24, 2.45) is 0 Å². The predicted molar refractivity (Wildman–Crippen MR) is 136 cm³/mol. The molecule has 0 aliphatic heterocycles. The second kappa shape index (κ2) is 11.0. The van der Waals surface area contributed by atoms with Gasteiger partial charge in [0.15, 0.2) is 0 Å². The lowest BCUT2D eigenvalue weighted by Gasteiger charge is -2.12. The maximum Gasteiger partial charge on any atom is 0.122 e. The van der Waals surface area contributed by atoms with Crippen LogP contribution in [-0.2, 0) is 0 Å². The van der Waals surface area contributed by atoms with Gasteiger partial charge in [-0.3, -0.25) is 0 Å². The Bertz CT molecular complexity index is 1070. The average molecular weight is 427 g/mol. The van der Waals surface area contributed by atoms with Gasteiger partial charge in [0.2, 0.25) is 0 Å². The molecule has 2 heteroatoms. The van der Waals surface area contributed by atoms with Crippen molar-refractivity contribution >= 4 is 21.5 Å². The molecular weight excluding hydrogens is 392 g/mol. The van der Waals surface area contributed by atoms with Gasteiger partial charge in [-0.25, -0.2) is 0 Å². The van der Waals surface area contributed by atoms with Gasteiger partial charge >= 0.3 is 0 Å². The molecule has 0 aliphatic carbocycles. The Balaban J connectivity index is 1.09. The summed E-state index contributed by atoms with van der Waals surface area (Å²) in [4.78, 5) is 0. The van der Waals surface area contributed by atoms with E-state index in [1.165, 1.54) is 58.4 Å². The zero-order valence-electron chi connectivity index (χ0n) is 19.4. The third-order valence-corrected chi connectivity index (χ3v) is 6.35. The highest BCUT2D eigenvalue weighted by Gasteiger charge is 2.05. The molecule has 0 heterocycles. The van der Waals surface area contributed by atoms with Crippen molar-refractivity contribution in [3.63, 3.8) is 0 Å². The van der Waals surface area contributed by atoms with Crippen LogP contribution in [0.2, 0.25) is 0 Å². The molecule has 0 aliphatic rings. The maximum atomic E-state index is 6.06. The van der Waals surface area contributed by atoms with E-state index < -0.39 is 0 Å². The Morgan fingerprint density at radius 2 is 0.875 bits per heavy atom. The second-order valence-electron chi connectivity index (χ2n) is 8.64. The molecule has 0 aromatic heterocycles. The molecule has 166 valence electrons. The summed E-state index contributed by atoms with van der Waals surface area (Å²) >= 11 is 0. The van der Waals surface area contributed by atoms with Crippen molar-refractivity contribution in [2.75, 3.05) is 13.2 Å². The molecule has 0 radical (unpaired) electrons. The highest BCUT2D eigenvalue weighted by Crippen LogP contribution is 2.28. The highest BCUT2D eigenvalue weighted by atomic mass is 16.5. The smallest absolute Gasteiger partial charge is 0.122 e. The minimum atomic E-state index is 0.795. The van der Waals surface area contributed by atoms with E-state index in [9.17, 15) is 0 Å². The van der Waals surface area contributed by atoms with Crippen LogP contribution in [-0.4, -0.2) is 13.2 Å². The summed E-state index contributed by atoms with van der Waals surface area (Å²) in [7, 11) is 0. The van der Waals surface area contributed by atoms with Gasteiger partial charge in [-0.05, 0) is 71.5 Å². The van der Waals surface area contributed by atoms with Crippen molar-refractivity contribution in [3.05, 3.63) is 83.9 Å². The third kappa shape index (κ3) is 5.43. The van der Waals surface area contributed by atoms with Crippen molar-refractivity contribution < 1.29 is 9.47 Å². The predicted octanol–water partition coefficient (Wildman–Crippen LogP) is 8.41. The van der Waals surface area contributed by atoms with Crippen LogP contribution >= 0.6 is 0 Å². The second-order valence-corrected chi connectivity index (χ2v) is 8.64. The lowest BCUT2D eigenvalue weighted by atomic mass is 10.0. The minimum absolute atomic E-state index is 0.795. The van der Waals surface area contributed by atoms with Crippen molar-refractivity contribution in [2.45, 2.75) is 52.4 Å². The van der Waals surface area contributed by atoms with Crippen molar-refractivity contribution in [1.82, 2.24) is 0 Å². The Morgan fingerprint density at radius 1 is 0.469 bits per heavy atom. The molecule has 4 rings (SSSR count). The topological polar surface area (TPSA) is 18.5 Å². The Kier molecular flexibility index (Phi) is 7.66. The van der Waals surface area contributed by atoms with E-state index in [0.717, 1.165) is 37.6 Å². The first kappa shape index (κ1) is 22.2. The largest absolute Gasteiger partial charge is 0.493 e. The summed E-state index contributed by atoms with van der Waals surface area (Å²) in [6.07, 6.45) is 7.18. The quantitative estimate of drug-likeness (QED) is 0.224. The molecule has 0 unspecified atom stereocenters. The number of unbranched alkanes of at least 4 members (excludes halogenated alkanes) is 5. The molecule has 0 saturated carbocycles. The molecule has 0 saturated heterocycles. The van der Waals surface area contributed by atoms with Crippen LogP contribution < -0.4 is 9.47 Å². The molecular formula is C30H34O2.